The van der Waals surface area contributed by atoms with Gasteiger partial charge in [-0.05, 0) is 38.5 Å². The van der Waals surface area contributed by atoms with Crippen LogP contribution in [0.3, 0.4) is 0 Å². The van der Waals surface area contributed by atoms with Gasteiger partial charge in [0, 0.05) is 24.9 Å². The zero-order valence-corrected chi connectivity index (χ0v) is 11.0. The lowest BCUT2D eigenvalue weighted by Gasteiger charge is -2.11. The largest absolute Gasteiger partial charge is 0.386 e. The van der Waals surface area contributed by atoms with Gasteiger partial charge in [-0.25, -0.2) is 0 Å². The lowest BCUT2D eigenvalue weighted by molar-refractivity contribution is 0.171. The third-order valence-corrected chi connectivity index (χ3v) is 2.96. The fourth-order valence-corrected chi connectivity index (χ4v) is 1.92. The molecule has 0 amide bonds. The Morgan fingerprint density at radius 2 is 2.11 bits per heavy atom. The average Bonchev–Trinajstić information content (AvgIpc) is 2.78. The molecule has 0 fully saturated rings. The van der Waals surface area contributed by atoms with Gasteiger partial charge in [0.15, 0.2) is 0 Å². The number of aromatic nitrogens is 3. The van der Waals surface area contributed by atoms with Crippen molar-refractivity contribution in [2.75, 3.05) is 0 Å². The third-order valence-electron chi connectivity index (χ3n) is 2.96. The summed E-state index contributed by atoms with van der Waals surface area (Å²) in [4.78, 5) is 4.23. The molecule has 1 unspecified atom stereocenters. The van der Waals surface area contributed by atoms with Crippen molar-refractivity contribution >= 4 is 0 Å². The Bertz CT molecular complexity index is 519. The molecule has 2 aromatic rings. The van der Waals surface area contributed by atoms with Crippen LogP contribution in [-0.4, -0.2) is 19.9 Å². The Kier molecular flexibility index (Phi) is 3.77. The maximum Gasteiger partial charge on any atom is 0.102 e. The van der Waals surface area contributed by atoms with Crippen LogP contribution in [0.5, 0.6) is 0 Å². The first-order chi connectivity index (χ1) is 8.58. The molecular formula is C14H19N3O. The van der Waals surface area contributed by atoms with Gasteiger partial charge in [-0.1, -0.05) is 6.07 Å². The third kappa shape index (κ3) is 2.76. The maximum absolute atomic E-state index is 10.2. The van der Waals surface area contributed by atoms with E-state index in [2.05, 4.69) is 23.9 Å². The van der Waals surface area contributed by atoms with Crippen molar-refractivity contribution in [1.29, 1.82) is 0 Å². The highest BCUT2D eigenvalue weighted by Gasteiger charge is 2.14. The van der Waals surface area contributed by atoms with Gasteiger partial charge in [-0.3, -0.25) is 9.67 Å². The smallest absolute Gasteiger partial charge is 0.102 e. The van der Waals surface area contributed by atoms with E-state index in [0.717, 1.165) is 17.0 Å². The van der Waals surface area contributed by atoms with Crippen LogP contribution in [-0.2, 0) is 6.42 Å². The molecule has 0 aliphatic carbocycles. The molecule has 0 spiro atoms. The summed E-state index contributed by atoms with van der Waals surface area (Å²) in [5.41, 5.74) is 2.63. The molecule has 0 aliphatic heterocycles. The van der Waals surface area contributed by atoms with Gasteiger partial charge in [0.25, 0.3) is 0 Å². The predicted molar refractivity (Wildman–Crippen MR) is 70.2 cm³/mol. The second-order valence-electron chi connectivity index (χ2n) is 4.81. The van der Waals surface area contributed by atoms with Gasteiger partial charge >= 0.3 is 0 Å². The lowest BCUT2D eigenvalue weighted by Crippen LogP contribution is -2.08. The Hall–Kier alpha value is -1.68. The molecule has 2 heterocycles. The minimum absolute atomic E-state index is 0.340. The van der Waals surface area contributed by atoms with Gasteiger partial charge in [0.1, 0.15) is 6.10 Å². The van der Waals surface area contributed by atoms with E-state index in [1.165, 1.54) is 0 Å². The van der Waals surface area contributed by atoms with Gasteiger partial charge in [-0.15, -0.1) is 0 Å². The molecule has 4 nitrogen and oxygen atoms in total. The van der Waals surface area contributed by atoms with Gasteiger partial charge in [0.2, 0.25) is 0 Å². The number of aliphatic hydroxyl groups excluding tert-OH is 1. The maximum atomic E-state index is 10.2. The fraction of sp³-hybridized carbons (Fsp3) is 0.429. The van der Waals surface area contributed by atoms with Crippen LogP contribution in [0.25, 0.3) is 0 Å². The van der Waals surface area contributed by atoms with E-state index >= 15 is 0 Å². The monoisotopic (exact) mass is 245 g/mol. The topological polar surface area (TPSA) is 50.9 Å². The Balaban J connectivity index is 2.11. The molecule has 0 aromatic carbocycles. The van der Waals surface area contributed by atoms with Crippen molar-refractivity contribution in [3.05, 3.63) is 47.5 Å². The van der Waals surface area contributed by atoms with Crippen LogP contribution >= 0.6 is 0 Å². The summed E-state index contributed by atoms with van der Waals surface area (Å²) in [5.74, 6) is 0. The van der Waals surface area contributed by atoms with E-state index in [9.17, 15) is 5.11 Å². The molecule has 0 saturated carbocycles. The SMILES string of the molecule is Cc1cccnc1C(O)Cc1ccn(C(C)C)n1. The van der Waals surface area contributed by atoms with E-state index in [-0.39, 0.29) is 0 Å². The van der Waals surface area contributed by atoms with Crippen molar-refractivity contribution in [1.82, 2.24) is 14.8 Å². The van der Waals surface area contributed by atoms with Gasteiger partial charge in [0.05, 0.1) is 11.4 Å². The average molecular weight is 245 g/mol. The van der Waals surface area contributed by atoms with Crippen molar-refractivity contribution in [3.63, 3.8) is 0 Å². The van der Waals surface area contributed by atoms with E-state index in [0.29, 0.717) is 12.5 Å². The first-order valence-corrected chi connectivity index (χ1v) is 6.21. The minimum atomic E-state index is -0.596. The van der Waals surface area contributed by atoms with Crippen molar-refractivity contribution in [3.8, 4) is 0 Å². The highest BCUT2D eigenvalue weighted by Crippen LogP contribution is 2.18. The highest BCUT2D eigenvalue weighted by atomic mass is 16.3. The summed E-state index contributed by atoms with van der Waals surface area (Å²) in [6.45, 7) is 6.12. The molecule has 0 saturated heterocycles. The summed E-state index contributed by atoms with van der Waals surface area (Å²) in [6, 6.07) is 6.12. The number of pyridine rings is 1. The van der Waals surface area contributed by atoms with Gasteiger partial charge in [-0.2, -0.15) is 5.10 Å². The fourth-order valence-electron chi connectivity index (χ4n) is 1.92. The van der Waals surface area contributed by atoms with Crippen LogP contribution in [0, 0.1) is 6.92 Å². The van der Waals surface area contributed by atoms with E-state index in [1.54, 1.807) is 6.20 Å². The molecule has 1 N–H and O–H groups in total. The van der Waals surface area contributed by atoms with E-state index < -0.39 is 6.10 Å². The molecular weight excluding hydrogens is 226 g/mol. The second kappa shape index (κ2) is 5.31. The normalized spacial score (nSPS) is 12.9. The number of hydrogen-bond donors (Lipinski definition) is 1. The number of nitrogens with zero attached hydrogens (tertiary/aromatic N) is 3. The zero-order valence-electron chi connectivity index (χ0n) is 11.0. The molecule has 2 aromatic heterocycles. The summed E-state index contributed by atoms with van der Waals surface area (Å²) >= 11 is 0. The minimum Gasteiger partial charge on any atom is -0.386 e. The van der Waals surface area contributed by atoms with Crippen LogP contribution in [0.1, 0.15) is 42.9 Å². The standard InChI is InChI=1S/C14H19N3O/c1-10(2)17-8-6-12(16-17)9-13(18)14-11(3)5-4-7-15-14/h4-8,10,13,18H,9H2,1-3H3. The van der Waals surface area contributed by atoms with Crippen LogP contribution in [0.4, 0.5) is 0 Å². The Morgan fingerprint density at radius 3 is 2.72 bits per heavy atom. The Morgan fingerprint density at radius 1 is 1.33 bits per heavy atom. The highest BCUT2D eigenvalue weighted by molar-refractivity contribution is 5.21. The van der Waals surface area contributed by atoms with E-state index in [4.69, 9.17) is 0 Å². The molecule has 0 aliphatic rings. The molecule has 2 rings (SSSR count). The first kappa shape index (κ1) is 12.8. The molecule has 0 radical (unpaired) electrons. The number of rotatable bonds is 4. The van der Waals surface area contributed by atoms with Crippen molar-refractivity contribution in [2.24, 2.45) is 0 Å². The lowest BCUT2D eigenvalue weighted by atomic mass is 10.1. The molecule has 1 atom stereocenters. The van der Waals surface area contributed by atoms with Crippen molar-refractivity contribution in [2.45, 2.75) is 39.3 Å². The number of aryl methyl sites for hydroxylation is 1. The van der Waals surface area contributed by atoms with Crippen LogP contribution in [0.2, 0.25) is 0 Å². The number of aliphatic hydroxyl groups is 1. The first-order valence-electron chi connectivity index (χ1n) is 6.21. The quantitative estimate of drug-likeness (QED) is 0.900. The molecule has 18 heavy (non-hydrogen) atoms. The van der Waals surface area contributed by atoms with Crippen LogP contribution in [0.15, 0.2) is 30.6 Å². The van der Waals surface area contributed by atoms with E-state index in [1.807, 2.05) is 36.0 Å². The van der Waals surface area contributed by atoms with Crippen molar-refractivity contribution < 1.29 is 5.11 Å². The second-order valence-corrected chi connectivity index (χ2v) is 4.81. The molecule has 0 bridgehead atoms. The number of hydrogen-bond acceptors (Lipinski definition) is 3. The summed E-state index contributed by atoms with van der Waals surface area (Å²) in [5, 5.41) is 14.6. The summed E-state index contributed by atoms with van der Waals surface area (Å²) in [6.07, 6.45) is 3.55. The summed E-state index contributed by atoms with van der Waals surface area (Å²) in [7, 11) is 0. The predicted octanol–water partition coefficient (Wildman–Crippen LogP) is 2.44. The summed E-state index contributed by atoms with van der Waals surface area (Å²) < 4.78 is 1.90. The van der Waals surface area contributed by atoms with Crippen LogP contribution < -0.4 is 0 Å². The zero-order chi connectivity index (χ0) is 13.1. The molecule has 96 valence electrons. The molecule has 4 heteroatoms. The van der Waals surface area contributed by atoms with Gasteiger partial charge < -0.3 is 5.11 Å². The Labute approximate surface area is 107 Å².